The van der Waals surface area contributed by atoms with Gasteiger partial charge in [-0.25, -0.2) is 4.98 Å². The van der Waals surface area contributed by atoms with Crippen LogP contribution in [-0.2, 0) is 6.54 Å². The van der Waals surface area contributed by atoms with Crippen LogP contribution in [0.2, 0.25) is 0 Å². The predicted octanol–water partition coefficient (Wildman–Crippen LogP) is 7.24. The Hall–Kier alpha value is -2.29. The predicted molar refractivity (Wildman–Crippen MR) is 119 cm³/mol. The maximum atomic E-state index is 5.90. The molecule has 0 atom stereocenters. The SMILES string of the molecule is CCCCCCOc1ccc(-c2nc3ccccc3n2CCCCCC)cc1. The van der Waals surface area contributed by atoms with Crippen molar-refractivity contribution in [2.24, 2.45) is 0 Å². The monoisotopic (exact) mass is 378 g/mol. The average Bonchev–Trinajstić information content (AvgIpc) is 3.10. The summed E-state index contributed by atoms with van der Waals surface area (Å²) >= 11 is 0. The van der Waals surface area contributed by atoms with E-state index in [4.69, 9.17) is 9.72 Å². The summed E-state index contributed by atoms with van der Waals surface area (Å²) in [6, 6.07) is 16.9. The maximum absolute atomic E-state index is 5.90. The Kier molecular flexibility index (Phi) is 7.95. The fourth-order valence-corrected chi connectivity index (χ4v) is 3.64. The van der Waals surface area contributed by atoms with Crippen LogP contribution in [0.1, 0.15) is 65.2 Å². The highest BCUT2D eigenvalue weighted by molar-refractivity contribution is 5.80. The van der Waals surface area contributed by atoms with E-state index < -0.39 is 0 Å². The summed E-state index contributed by atoms with van der Waals surface area (Å²) in [6.07, 6.45) is 9.95. The minimum absolute atomic E-state index is 0.801. The first-order valence-corrected chi connectivity index (χ1v) is 11.0. The molecule has 0 spiro atoms. The third kappa shape index (κ3) is 5.37. The normalized spacial score (nSPS) is 11.2. The number of hydrogen-bond donors (Lipinski definition) is 0. The lowest BCUT2D eigenvalue weighted by Crippen LogP contribution is -2.01. The molecule has 0 N–H and O–H groups in total. The van der Waals surface area contributed by atoms with E-state index in [9.17, 15) is 0 Å². The van der Waals surface area contributed by atoms with Crippen LogP contribution in [0, 0.1) is 0 Å². The minimum atomic E-state index is 0.801. The van der Waals surface area contributed by atoms with Crippen molar-refractivity contribution in [1.82, 2.24) is 9.55 Å². The van der Waals surface area contributed by atoms with Gasteiger partial charge in [0.15, 0.2) is 0 Å². The van der Waals surface area contributed by atoms with Gasteiger partial charge in [0.05, 0.1) is 17.6 Å². The minimum Gasteiger partial charge on any atom is -0.494 e. The van der Waals surface area contributed by atoms with Crippen molar-refractivity contribution >= 4 is 11.0 Å². The van der Waals surface area contributed by atoms with Crippen LogP contribution in [0.3, 0.4) is 0 Å². The van der Waals surface area contributed by atoms with E-state index in [1.807, 2.05) is 0 Å². The van der Waals surface area contributed by atoms with Crippen LogP contribution in [0.25, 0.3) is 22.4 Å². The van der Waals surface area contributed by atoms with E-state index in [1.54, 1.807) is 0 Å². The Labute approximate surface area is 169 Å². The van der Waals surface area contributed by atoms with E-state index in [2.05, 4.69) is 66.9 Å². The molecule has 0 amide bonds. The van der Waals surface area contributed by atoms with Crippen LogP contribution < -0.4 is 4.74 Å². The number of unbranched alkanes of at least 4 members (excludes halogenated alkanes) is 6. The molecule has 0 aliphatic rings. The molecular weight excluding hydrogens is 344 g/mol. The molecule has 0 aliphatic carbocycles. The quantitative estimate of drug-likeness (QED) is 0.310. The van der Waals surface area contributed by atoms with Crippen molar-refractivity contribution in [3.05, 3.63) is 48.5 Å². The van der Waals surface area contributed by atoms with Gasteiger partial charge in [0.25, 0.3) is 0 Å². The molecule has 0 radical (unpaired) electrons. The van der Waals surface area contributed by atoms with E-state index in [-0.39, 0.29) is 0 Å². The summed E-state index contributed by atoms with van der Waals surface area (Å²) in [6.45, 7) is 6.31. The van der Waals surface area contributed by atoms with Crippen molar-refractivity contribution < 1.29 is 4.74 Å². The first-order valence-electron chi connectivity index (χ1n) is 11.0. The lowest BCUT2D eigenvalue weighted by atomic mass is 10.2. The van der Waals surface area contributed by atoms with E-state index in [1.165, 1.54) is 50.5 Å². The van der Waals surface area contributed by atoms with Gasteiger partial charge in [0.1, 0.15) is 11.6 Å². The number of hydrogen-bond acceptors (Lipinski definition) is 2. The number of fused-ring (bicyclic) bond motifs is 1. The summed E-state index contributed by atoms with van der Waals surface area (Å²) in [7, 11) is 0. The van der Waals surface area contributed by atoms with Crippen molar-refractivity contribution in [3.8, 4) is 17.1 Å². The smallest absolute Gasteiger partial charge is 0.141 e. The third-order valence-electron chi connectivity index (χ3n) is 5.27. The first-order chi connectivity index (χ1) is 13.8. The summed E-state index contributed by atoms with van der Waals surface area (Å²) in [5.41, 5.74) is 3.46. The second-order valence-electron chi connectivity index (χ2n) is 7.57. The number of rotatable bonds is 12. The average molecular weight is 379 g/mol. The number of imidazole rings is 1. The van der Waals surface area contributed by atoms with Crippen LogP contribution in [0.5, 0.6) is 5.75 Å². The number of aromatic nitrogens is 2. The number of aryl methyl sites for hydroxylation is 1. The summed E-state index contributed by atoms with van der Waals surface area (Å²) < 4.78 is 8.28. The molecule has 3 heteroatoms. The lowest BCUT2D eigenvalue weighted by Gasteiger charge is -2.10. The zero-order valence-electron chi connectivity index (χ0n) is 17.5. The number of nitrogens with zero attached hydrogens (tertiary/aromatic N) is 2. The van der Waals surface area contributed by atoms with E-state index in [0.717, 1.165) is 42.2 Å². The number of para-hydroxylation sites is 2. The van der Waals surface area contributed by atoms with Crippen molar-refractivity contribution in [2.75, 3.05) is 6.61 Å². The van der Waals surface area contributed by atoms with Gasteiger partial charge in [-0.2, -0.15) is 0 Å². The molecule has 2 aromatic carbocycles. The Balaban J connectivity index is 1.72. The molecule has 150 valence electrons. The molecule has 3 rings (SSSR count). The van der Waals surface area contributed by atoms with Gasteiger partial charge in [0, 0.05) is 12.1 Å². The second kappa shape index (κ2) is 10.9. The van der Waals surface area contributed by atoms with E-state index in [0.29, 0.717) is 0 Å². The van der Waals surface area contributed by atoms with Crippen molar-refractivity contribution in [3.63, 3.8) is 0 Å². The Morgan fingerprint density at radius 3 is 2.25 bits per heavy atom. The van der Waals surface area contributed by atoms with Gasteiger partial charge in [0.2, 0.25) is 0 Å². The molecule has 0 aliphatic heterocycles. The largest absolute Gasteiger partial charge is 0.494 e. The van der Waals surface area contributed by atoms with Gasteiger partial charge >= 0.3 is 0 Å². The van der Waals surface area contributed by atoms with Crippen LogP contribution in [-0.4, -0.2) is 16.2 Å². The Bertz CT molecular complexity index is 835. The lowest BCUT2D eigenvalue weighted by molar-refractivity contribution is 0.305. The summed E-state index contributed by atoms with van der Waals surface area (Å²) in [4.78, 5) is 4.93. The topological polar surface area (TPSA) is 27.1 Å². The van der Waals surface area contributed by atoms with Crippen molar-refractivity contribution in [2.45, 2.75) is 71.8 Å². The fraction of sp³-hybridized carbons (Fsp3) is 0.480. The van der Waals surface area contributed by atoms with Gasteiger partial charge in [-0.05, 0) is 49.2 Å². The summed E-state index contributed by atoms with van der Waals surface area (Å²) in [5.74, 6) is 2.01. The van der Waals surface area contributed by atoms with Gasteiger partial charge < -0.3 is 9.30 Å². The van der Waals surface area contributed by atoms with Crippen LogP contribution >= 0.6 is 0 Å². The highest BCUT2D eigenvalue weighted by Gasteiger charge is 2.12. The highest BCUT2D eigenvalue weighted by Crippen LogP contribution is 2.27. The fourth-order valence-electron chi connectivity index (χ4n) is 3.64. The number of ether oxygens (including phenoxy) is 1. The molecule has 0 saturated heterocycles. The Morgan fingerprint density at radius 1 is 0.786 bits per heavy atom. The zero-order valence-corrected chi connectivity index (χ0v) is 17.5. The van der Waals surface area contributed by atoms with Gasteiger partial charge in [-0.3, -0.25) is 0 Å². The zero-order chi connectivity index (χ0) is 19.6. The molecular formula is C25H34N2O. The van der Waals surface area contributed by atoms with Crippen molar-refractivity contribution in [1.29, 1.82) is 0 Å². The molecule has 3 aromatic rings. The highest BCUT2D eigenvalue weighted by atomic mass is 16.5. The molecule has 0 unspecified atom stereocenters. The van der Waals surface area contributed by atoms with Crippen LogP contribution in [0.4, 0.5) is 0 Å². The van der Waals surface area contributed by atoms with Gasteiger partial charge in [-0.1, -0.05) is 64.5 Å². The molecule has 0 saturated carbocycles. The molecule has 28 heavy (non-hydrogen) atoms. The molecule has 0 fully saturated rings. The molecule has 1 aromatic heterocycles. The standard InChI is InChI=1S/C25H34N2O/c1-3-5-7-11-19-27-24-14-10-9-13-23(24)26-25(27)21-15-17-22(18-16-21)28-20-12-8-6-4-2/h9-10,13-18H,3-8,11-12,19-20H2,1-2H3. The molecule has 0 bridgehead atoms. The van der Waals surface area contributed by atoms with Gasteiger partial charge in [-0.15, -0.1) is 0 Å². The Morgan fingerprint density at radius 2 is 1.50 bits per heavy atom. The second-order valence-corrected chi connectivity index (χ2v) is 7.57. The molecule has 1 heterocycles. The van der Waals surface area contributed by atoms with Crippen LogP contribution in [0.15, 0.2) is 48.5 Å². The maximum Gasteiger partial charge on any atom is 0.141 e. The number of benzene rings is 2. The van der Waals surface area contributed by atoms with E-state index >= 15 is 0 Å². The molecule has 3 nitrogen and oxygen atoms in total. The third-order valence-corrected chi connectivity index (χ3v) is 5.27. The first kappa shape index (κ1) is 20.4. The summed E-state index contributed by atoms with van der Waals surface area (Å²) in [5, 5.41) is 0.